The molecule has 0 aliphatic carbocycles. The van der Waals surface area contributed by atoms with E-state index in [1.165, 1.54) is 4.57 Å². The van der Waals surface area contributed by atoms with E-state index in [2.05, 4.69) is 15.4 Å². The van der Waals surface area contributed by atoms with E-state index in [1.807, 2.05) is 13.0 Å². The minimum absolute atomic E-state index is 0.0362. The maximum absolute atomic E-state index is 12.4. The molecule has 3 heterocycles. The number of hydrogen-bond donors (Lipinski definition) is 4. The van der Waals surface area contributed by atoms with E-state index < -0.39 is 35.6 Å². The molecule has 1 aliphatic heterocycles. The first-order chi connectivity index (χ1) is 15.3. The number of rotatable bonds is 6. The van der Waals surface area contributed by atoms with Crippen LogP contribution in [0.3, 0.4) is 0 Å². The normalized spacial score (nSPS) is 23.3. The van der Waals surface area contributed by atoms with Crippen LogP contribution >= 0.6 is 0 Å². The zero-order valence-corrected chi connectivity index (χ0v) is 17.5. The van der Waals surface area contributed by atoms with Crippen LogP contribution in [0.1, 0.15) is 12.1 Å². The molecule has 1 aliphatic rings. The number of para-hydroxylation sites is 1. The number of amides is 1. The molecule has 170 valence electrons. The van der Waals surface area contributed by atoms with Gasteiger partial charge >= 0.3 is 5.69 Å². The van der Waals surface area contributed by atoms with Crippen LogP contribution in [0.25, 0.3) is 10.9 Å². The number of hydrogen-bond acceptors (Lipinski definition) is 7. The standard InChI is InChI=1S/C21H25N5O6/c1-12-6-8-25(24-12)9-7-17(27)22-14-11-32-16(19(29)18(14)28)10-26-15-5-3-2-4-13(15)20(30)23-21(26)31/h2-6,8,14,16,18-19,28-29H,7,9-11H2,1H3,(H,22,27)(H,23,30,31)/t14-,16-,18+,19-/m1/s1. The van der Waals surface area contributed by atoms with E-state index in [0.29, 0.717) is 17.4 Å². The van der Waals surface area contributed by atoms with E-state index in [4.69, 9.17) is 4.74 Å². The summed E-state index contributed by atoms with van der Waals surface area (Å²) < 4.78 is 8.63. The van der Waals surface area contributed by atoms with Crippen molar-refractivity contribution in [3.8, 4) is 0 Å². The summed E-state index contributed by atoms with van der Waals surface area (Å²) in [5.74, 6) is -0.306. The summed E-state index contributed by atoms with van der Waals surface area (Å²) in [6, 6.07) is 7.64. The van der Waals surface area contributed by atoms with Gasteiger partial charge in [0.1, 0.15) is 18.3 Å². The number of nitrogens with one attached hydrogen (secondary N) is 2. The van der Waals surface area contributed by atoms with Gasteiger partial charge in [0, 0.05) is 19.2 Å². The van der Waals surface area contributed by atoms with E-state index >= 15 is 0 Å². The van der Waals surface area contributed by atoms with Gasteiger partial charge in [0.25, 0.3) is 5.56 Å². The summed E-state index contributed by atoms with van der Waals surface area (Å²) >= 11 is 0. The molecule has 11 heteroatoms. The van der Waals surface area contributed by atoms with E-state index in [1.54, 1.807) is 35.1 Å². The summed E-state index contributed by atoms with van der Waals surface area (Å²) in [5, 5.41) is 28.3. The Morgan fingerprint density at radius 2 is 2.03 bits per heavy atom. The first-order valence-corrected chi connectivity index (χ1v) is 10.3. The number of aromatic nitrogens is 4. The molecule has 11 nitrogen and oxygen atoms in total. The monoisotopic (exact) mass is 443 g/mol. The average Bonchev–Trinajstić information content (AvgIpc) is 3.19. The lowest BCUT2D eigenvalue weighted by atomic mass is 9.97. The highest BCUT2D eigenvalue weighted by Gasteiger charge is 2.39. The lowest BCUT2D eigenvalue weighted by molar-refractivity contribution is -0.158. The summed E-state index contributed by atoms with van der Waals surface area (Å²) in [6.07, 6.45) is -1.60. The Balaban J connectivity index is 1.40. The fourth-order valence-electron chi connectivity index (χ4n) is 3.86. The van der Waals surface area contributed by atoms with E-state index in [0.717, 1.165) is 5.69 Å². The first kappa shape index (κ1) is 21.9. The van der Waals surface area contributed by atoms with Gasteiger partial charge in [-0.3, -0.25) is 23.8 Å². The minimum Gasteiger partial charge on any atom is -0.388 e. The summed E-state index contributed by atoms with van der Waals surface area (Å²) in [4.78, 5) is 38.9. The van der Waals surface area contributed by atoms with Crippen molar-refractivity contribution in [2.45, 2.75) is 50.8 Å². The van der Waals surface area contributed by atoms with Crippen LogP contribution in [0.15, 0.2) is 46.1 Å². The SMILES string of the molecule is Cc1ccn(CCC(=O)N[C@@H]2CO[C@H](Cn3c(=O)[nH]c(=O)c4ccccc43)[C@@H](O)[C@H]2O)n1. The fraction of sp³-hybridized carbons (Fsp3) is 0.429. The van der Waals surface area contributed by atoms with Gasteiger partial charge in [0.2, 0.25) is 5.91 Å². The zero-order chi connectivity index (χ0) is 22.8. The number of fused-ring (bicyclic) bond motifs is 1. The van der Waals surface area contributed by atoms with Crippen LogP contribution in [0.4, 0.5) is 0 Å². The Kier molecular flexibility index (Phi) is 6.21. The largest absolute Gasteiger partial charge is 0.388 e. The lowest BCUT2D eigenvalue weighted by Gasteiger charge is -2.38. The predicted molar refractivity (Wildman–Crippen MR) is 114 cm³/mol. The smallest absolute Gasteiger partial charge is 0.328 e. The van der Waals surface area contributed by atoms with Gasteiger partial charge in [0.05, 0.1) is 35.8 Å². The number of aliphatic hydroxyl groups excluding tert-OH is 2. The Hall–Kier alpha value is -3.28. The van der Waals surface area contributed by atoms with Gasteiger partial charge in [-0.25, -0.2) is 4.79 Å². The van der Waals surface area contributed by atoms with E-state index in [-0.39, 0.29) is 25.5 Å². The number of aromatic amines is 1. The molecule has 1 amide bonds. The van der Waals surface area contributed by atoms with Crippen LogP contribution in [-0.4, -0.2) is 66.4 Å². The molecule has 0 spiro atoms. The third-order valence-corrected chi connectivity index (χ3v) is 5.59. The number of aliphatic hydroxyl groups is 2. The Labute approximate surface area is 182 Å². The van der Waals surface area contributed by atoms with Gasteiger partial charge in [-0.05, 0) is 25.1 Å². The van der Waals surface area contributed by atoms with Crippen LogP contribution in [-0.2, 0) is 22.6 Å². The molecule has 32 heavy (non-hydrogen) atoms. The third-order valence-electron chi connectivity index (χ3n) is 5.59. The van der Waals surface area contributed by atoms with Crippen molar-refractivity contribution < 1.29 is 19.7 Å². The molecule has 4 atom stereocenters. The molecule has 4 rings (SSSR count). The Morgan fingerprint density at radius 3 is 2.78 bits per heavy atom. The summed E-state index contributed by atoms with van der Waals surface area (Å²) in [7, 11) is 0. The minimum atomic E-state index is -1.35. The van der Waals surface area contributed by atoms with Crippen molar-refractivity contribution in [2.24, 2.45) is 0 Å². The number of nitrogens with zero attached hydrogens (tertiary/aromatic N) is 3. The van der Waals surface area contributed by atoms with Gasteiger partial charge in [-0.2, -0.15) is 5.10 Å². The number of carbonyl (C=O) groups excluding carboxylic acids is 1. The molecule has 0 radical (unpaired) electrons. The van der Waals surface area contributed by atoms with Gasteiger partial charge in [0.15, 0.2) is 0 Å². The van der Waals surface area contributed by atoms with Crippen molar-refractivity contribution in [2.75, 3.05) is 6.61 Å². The van der Waals surface area contributed by atoms with Crippen LogP contribution in [0.2, 0.25) is 0 Å². The predicted octanol–water partition coefficient (Wildman–Crippen LogP) is -1.11. The Morgan fingerprint density at radius 1 is 1.25 bits per heavy atom. The number of benzene rings is 1. The third kappa shape index (κ3) is 4.49. The molecule has 0 bridgehead atoms. The highest BCUT2D eigenvalue weighted by molar-refractivity contribution is 5.77. The summed E-state index contributed by atoms with van der Waals surface area (Å²) in [5.41, 5.74) is 0.115. The van der Waals surface area contributed by atoms with Crippen molar-refractivity contribution in [3.05, 3.63) is 63.1 Å². The maximum Gasteiger partial charge on any atom is 0.328 e. The van der Waals surface area contributed by atoms with Crippen molar-refractivity contribution >= 4 is 16.8 Å². The molecular formula is C21H25N5O6. The maximum atomic E-state index is 12.4. The van der Waals surface area contributed by atoms with Crippen LogP contribution in [0, 0.1) is 6.92 Å². The first-order valence-electron chi connectivity index (χ1n) is 10.3. The molecular weight excluding hydrogens is 418 g/mol. The quantitative estimate of drug-likeness (QED) is 0.377. The zero-order valence-electron chi connectivity index (χ0n) is 17.5. The molecule has 4 N–H and O–H groups in total. The van der Waals surface area contributed by atoms with Gasteiger partial charge < -0.3 is 20.3 Å². The molecule has 1 saturated heterocycles. The van der Waals surface area contributed by atoms with Gasteiger partial charge in [-0.15, -0.1) is 0 Å². The molecule has 0 saturated carbocycles. The number of aryl methyl sites for hydroxylation is 2. The van der Waals surface area contributed by atoms with Crippen molar-refractivity contribution in [1.82, 2.24) is 24.6 Å². The summed E-state index contributed by atoms with van der Waals surface area (Å²) in [6.45, 7) is 2.13. The molecule has 0 unspecified atom stereocenters. The van der Waals surface area contributed by atoms with Crippen molar-refractivity contribution in [3.63, 3.8) is 0 Å². The Bertz CT molecular complexity index is 1230. The molecule has 1 aromatic carbocycles. The van der Waals surface area contributed by atoms with Crippen LogP contribution in [0.5, 0.6) is 0 Å². The van der Waals surface area contributed by atoms with Crippen molar-refractivity contribution in [1.29, 1.82) is 0 Å². The second-order valence-electron chi connectivity index (χ2n) is 7.88. The lowest BCUT2D eigenvalue weighted by Crippen LogP contribution is -2.60. The second-order valence-corrected chi connectivity index (χ2v) is 7.88. The number of ether oxygens (including phenoxy) is 1. The second kappa shape index (κ2) is 9.07. The van der Waals surface area contributed by atoms with Crippen LogP contribution < -0.4 is 16.6 Å². The van der Waals surface area contributed by atoms with Gasteiger partial charge in [-0.1, -0.05) is 12.1 Å². The number of carbonyl (C=O) groups is 1. The van der Waals surface area contributed by atoms with E-state index in [9.17, 15) is 24.6 Å². The average molecular weight is 443 g/mol. The highest BCUT2D eigenvalue weighted by atomic mass is 16.5. The molecule has 1 fully saturated rings. The molecule has 2 aromatic heterocycles. The number of H-pyrrole nitrogens is 1. The topological polar surface area (TPSA) is 151 Å². The highest BCUT2D eigenvalue weighted by Crippen LogP contribution is 2.18. The fourth-order valence-corrected chi connectivity index (χ4v) is 3.86. The molecule has 3 aromatic rings.